The van der Waals surface area contributed by atoms with E-state index in [0.29, 0.717) is 16.3 Å². The first kappa shape index (κ1) is 14.7. The van der Waals surface area contributed by atoms with Gasteiger partial charge in [0.15, 0.2) is 0 Å². The highest BCUT2D eigenvalue weighted by molar-refractivity contribution is 6.33. The van der Waals surface area contributed by atoms with E-state index >= 15 is 0 Å². The Hall–Kier alpha value is -1.71. The molecule has 0 saturated heterocycles. The van der Waals surface area contributed by atoms with Crippen LogP contribution in [0.1, 0.15) is 11.1 Å². The first-order valence-electron chi connectivity index (χ1n) is 6.49. The summed E-state index contributed by atoms with van der Waals surface area (Å²) in [5.41, 5.74) is 2.78. The smallest absolute Gasteiger partial charge is 0.126 e. The first-order valence-corrected chi connectivity index (χ1v) is 6.87. The fourth-order valence-corrected chi connectivity index (χ4v) is 2.28. The van der Waals surface area contributed by atoms with Crippen molar-refractivity contribution in [1.29, 1.82) is 0 Å². The molecule has 0 aliphatic rings. The van der Waals surface area contributed by atoms with Gasteiger partial charge in [-0.3, -0.25) is 0 Å². The molecule has 0 heterocycles. The quantitative estimate of drug-likeness (QED) is 0.856. The second kappa shape index (κ2) is 7.17. The molecule has 2 rings (SSSR count). The topological polar surface area (TPSA) is 41.5 Å². The van der Waals surface area contributed by atoms with Crippen LogP contribution in [0.3, 0.4) is 0 Å². The third-order valence-corrected chi connectivity index (χ3v) is 3.43. The Morgan fingerprint density at radius 3 is 2.60 bits per heavy atom. The van der Waals surface area contributed by atoms with Crippen molar-refractivity contribution < 1.29 is 9.84 Å². The third-order valence-electron chi connectivity index (χ3n) is 3.11. The molecule has 20 heavy (non-hydrogen) atoms. The number of benzene rings is 2. The van der Waals surface area contributed by atoms with Crippen LogP contribution in [0.15, 0.2) is 42.5 Å². The molecule has 0 spiro atoms. The number of nitrogens with one attached hydrogen (secondary N) is 1. The largest absolute Gasteiger partial charge is 0.496 e. The molecule has 0 aliphatic carbocycles. The van der Waals surface area contributed by atoms with Crippen molar-refractivity contribution in [3.8, 4) is 5.75 Å². The lowest BCUT2D eigenvalue weighted by Gasteiger charge is -2.13. The van der Waals surface area contributed by atoms with E-state index < -0.39 is 0 Å². The van der Waals surface area contributed by atoms with E-state index in [1.807, 2.05) is 24.3 Å². The van der Waals surface area contributed by atoms with Gasteiger partial charge in [0.1, 0.15) is 5.75 Å². The van der Waals surface area contributed by atoms with E-state index in [-0.39, 0.29) is 6.61 Å². The molecule has 2 aromatic carbocycles. The fourth-order valence-electron chi connectivity index (χ4n) is 2.03. The van der Waals surface area contributed by atoms with Crippen molar-refractivity contribution >= 4 is 17.3 Å². The minimum absolute atomic E-state index is 0.0901. The third kappa shape index (κ3) is 3.65. The van der Waals surface area contributed by atoms with Gasteiger partial charge in [-0.2, -0.15) is 0 Å². The molecule has 0 radical (unpaired) electrons. The maximum atomic E-state index is 9.23. The van der Waals surface area contributed by atoms with Crippen LogP contribution in [0.2, 0.25) is 5.02 Å². The maximum absolute atomic E-state index is 9.23. The molecule has 0 unspecified atom stereocenters. The van der Waals surface area contributed by atoms with Crippen molar-refractivity contribution in [1.82, 2.24) is 0 Å². The first-order chi connectivity index (χ1) is 9.74. The lowest BCUT2D eigenvalue weighted by atomic mass is 10.1. The van der Waals surface area contributed by atoms with E-state index in [0.717, 1.165) is 18.7 Å². The molecule has 0 atom stereocenters. The van der Waals surface area contributed by atoms with Gasteiger partial charge in [0.05, 0.1) is 24.4 Å². The zero-order valence-corrected chi connectivity index (χ0v) is 12.2. The summed E-state index contributed by atoms with van der Waals surface area (Å²) < 4.78 is 5.24. The zero-order chi connectivity index (χ0) is 14.4. The van der Waals surface area contributed by atoms with Crippen LogP contribution in [-0.4, -0.2) is 18.8 Å². The number of halogens is 1. The van der Waals surface area contributed by atoms with Crippen LogP contribution in [-0.2, 0) is 13.0 Å². The monoisotopic (exact) mass is 291 g/mol. The van der Waals surface area contributed by atoms with E-state index in [1.54, 1.807) is 13.2 Å². The Morgan fingerprint density at radius 1 is 1.20 bits per heavy atom. The number of hydrogen-bond donors (Lipinski definition) is 2. The molecule has 0 aliphatic heterocycles. The van der Waals surface area contributed by atoms with Gasteiger partial charge >= 0.3 is 0 Å². The summed E-state index contributed by atoms with van der Waals surface area (Å²) in [7, 11) is 1.58. The molecule has 106 valence electrons. The summed E-state index contributed by atoms with van der Waals surface area (Å²) in [6, 6.07) is 13.8. The summed E-state index contributed by atoms with van der Waals surface area (Å²) in [5.74, 6) is 0.638. The minimum Gasteiger partial charge on any atom is -0.496 e. The van der Waals surface area contributed by atoms with Gasteiger partial charge in [0.2, 0.25) is 0 Å². The standard InChI is InChI=1S/C16H18ClNO2/c1-20-16-10-15(14(17)9-13(16)11-19)18-8-7-12-5-3-2-4-6-12/h2-6,9-10,18-19H,7-8,11H2,1H3. The van der Waals surface area contributed by atoms with E-state index in [2.05, 4.69) is 17.4 Å². The van der Waals surface area contributed by atoms with Crippen molar-refractivity contribution in [2.24, 2.45) is 0 Å². The van der Waals surface area contributed by atoms with Gasteiger partial charge in [-0.15, -0.1) is 0 Å². The summed E-state index contributed by atoms with van der Waals surface area (Å²) in [6.07, 6.45) is 0.918. The molecule has 2 N–H and O–H groups in total. The maximum Gasteiger partial charge on any atom is 0.126 e. The highest BCUT2D eigenvalue weighted by Gasteiger charge is 2.08. The van der Waals surface area contributed by atoms with Crippen LogP contribution >= 0.6 is 11.6 Å². The predicted octanol–water partition coefficient (Wildman–Crippen LogP) is 3.50. The second-order valence-electron chi connectivity index (χ2n) is 4.46. The van der Waals surface area contributed by atoms with Gasteiger partial charge in [0.25, 0.3) is 0 Å². The predicted molar refractivity (Wildman–Crippen MR) is 82.6 cm³/mol. The van der Waals surface area contributed by atoms with Gasteiger partial charge < -0.3 is 15.2 Å². The van der Waals surface area contributed by atoms with Crippen LogP contribution < -0.4 is 10.1 Å². The van der Waals surface area contributed by atoms with Gasteiger partial charge in [-0.25, -0.2) is 0 Å². The highest BCUT2D eigenvalue weighted by Crippen LogP contribution is 2.30. The summed E-state index contributed by atoms with van der Waals surface area (Å²) in [5, 5.41) is 13.1. The zero-order valence-electron chi connectivity index (χ0n) is 11.4. The van der Waals surface area contributed by atoms with Crippen LogP contribution in [0, 0.1) is 0 Å². The summed E-state index contributed by atoms with van der Waals surface area (Å²) in [6.45, 7) is 0.693. The number of aliphatic hydroxyl groups is 1. The van der Waals surface area contributed by atoms with Crippen LogP contribution in [0.25, 0.3) is 0 Å². The van der Waals surface area contributed by atoms with E-state index in [1.165, 1.54) is 5.56 Å². The van der Waals surface area contributed by atoms with Crippen LogP contribution in [0.4, 0.5) is 5.69 Å². The number of aliphatic hydroxyl groups excluding tert-OH is 1. The molecule has 3 nitrogen and oxygen atoms in total. The van der Waals surface area contributed by atoms with Gasteiger partial charge in [0, 0.05) is 18.2 Å². The normalized spacial score (nSPS) is 10.3. The SMILES string of the molecule is COc1cc(NCCc2ccccc2)c(Cl)cc1CO. The Labute approximate surface area is 124 Å². The number of hydrogen-bond acceptors (Lipinski definition) is 3. The average molecular weight is 292 g/mol. The Bertz CT molecular complexity index is 558. The molecule has 0 bridgehead atoms. The van der Waals surface area contributed by atoms with Crippen molar-refractivity contribution in [2.75, 3.05) is 19.0 Å². The Balaban J connectivity index is 2.02. The molecular weight excluding hydrogens is 274 g/mol. The number of methoxy groups -OCH3 is 1. The highest BCUT2D eigenvalue weighted by atomic mass is 35.5. The van der Waals surface area contributed by atoms with Crippen LogP contribution in [0.5, 0.6) is 5.75 Å². The van der Waals surface area contributed by atoms with Gasteiger partial charge in [-0.1, -0.05) is 41.9 Å². The van der Waals surface area contributed by atoms with Crippen molar-refractivity contribution in [3.05, 3.63) is 58.6 Å². The summed E-state index contributed by atoms with van der Waals surface area (Å²) in [4.78, 5) is 0. The number of anilines is 1. The molecule has 0 aromatic heterocycles. The Kier molecular flexibility index (Phi) is 5.27. The van der Waals surface area contributed by atoms with E-state index in [9.17, 15) is 5.11 Å². The minimum atomic E-state index is -0.0901. The van der Waals surface area contributed by atoms with Gasteiger partial charge in [-0.05, 0) is 18.1 Å². The van der Waals surface area contributed by atoms with Crippen molar-refractivity contribution in [3.63, 3.8) is 0 Å². The fraction of sp³-hybridized carbons (Fsp3) is 0.250. The average Bonchev–Trinajstić information content (AvgIpc) is 2.49. The molecule has 0 fully saturated rings. The molecular formula is C16H18ClNO2. The lowest BCUT2D eigenvalue weighted by Crippen LogP contribution is -2.06. The van der Waals surface area contributed by atoms with E-state index in [4.69, 9.17) is 16.3 Å². The number of ether oxygens (including phenoxy) is 1. The second-order valence-corrected chi connectivity index (χ2v) is 4.87. The van der Waals surface area contributed by atoms with Crippen molar-refractivity contribution in [2.45, 2.75) is 13.0 Å². The molecule has 0 amide bonds. The summed E-state index contributed by atoms with van der Waals surface area (Å²) >= 11 is 6.19. The molecule has 0 saturated carbocycles. The number of rotatable bonds is 6. The molecule has 2 aromatic rings. The Morgan fingerprint density at radius 2 is 1.95 bits per heavy atom. The lowest BCUT2D eigenvalue weighted by molar-refractivity contribution is 0.274. The molecule has 4 heteroatoms.